The zero-order valence-electron chi connectivity index (χ0n) is 4.22. The van der Waals surface area contributed by atoms with Crippen LogP contribution < -0.4 is 0 Å². The topological polar surface area (TPSA) is 3.24 Å². The molecule has 0 aliphatic carbocycles. The molecule has 0 aromatic heterocycles. The van der Waals surface area contributed by atoms with Gasteiger partial charge in [-0.05, 0) is 6.92 Å². The molecule has 1 fully saturated rings. The Morgan fingerprint density at radius 3 is 2.71 bits per heavy atom. The van der Waals surface area contributed by atoms with E-state index < -0.39 is 0 Å². The molecule has 0 bridgehead atoms. The summed E-state index contributed by atoms with van der Waals surface area (Å²) in [5.74, 6) is 0.942. The van der Waals surface area contributed by atoms with Crippen molar-refractivity contribution < 1.29 is 4.48 Å². The van der Waals surface area contributed by atoms with E-state index >= 15 is 0 Å². The minimum absolute atomic E-state index is 0.0972. The van der Waals surface area contributed by atoms with Gasteiger partial charge >= 0.3 is 0 Å². The first-order valence-corrected chi connectivity index (χ1v) is 3.39. The van der Waals surface area contributed by atoms with Crippen LogP contribution in [-0.4, -0.2) is 22.8 Å². The molecule has 0 spiro atoms. The Hall–Kier alpha value is 0.240. The summed E-state index contributed by atoms with van der Waals surface area (Å²) in [6.45, 7) is 2.48. The summed E-state index contributed by atoms with van der Waals surface area (Å²) in [5.41, 5.74) is 0. The molecule has 1 atom stereocenters. The molecule has 1 heterocycles. The molecular formula is C4H8FNS. The molecule has 42 valence electrons. The molecule has 0 aromatic carbocycles. The van der Waals surface area contributed by atoms with Crippen LogP contribution in [0.2, 0.25) is 0 Å². The van der Waals surface area contributed by atoms with E-state index in [1.807, 2.05) is 6.92 Å². The van der Waals surface area contributed by atoms with Gasteiger partial charge < -0.3 is 0 Å². The first-order chi connectivity index (χ1) is 3.30. The highest BCUT2D eigenvalue weighted by Gasteiger charge is 2.19. The highest BCUT2D eigenvalue weighted by Crippen LogP contribution is 2.22. The number of halogens is 1. The maximum Gasteiger partial charge on any atom is 0.0827 e. The predicted octanol–water partition coefficient (Wildman–Crippen LogP) is 1.27. The van der Waals surface area contributed by atoms with Gasteiger partial charge in [-0.15, -0.1) is 21.4 Å². The SMILES string of the molecule is CC1SCCN1F. The second kappa shape index (κ2) is 2.01. The summed E-state index contributed by atoms with van der Waals surface area (Å²) in [6, 6.07) is 0. The van der Waals surface area contributed by atoms with E-state index in [-0.39, 0.29) is 5.37 Å². The van der Waals surface area contributed by atoms with E-state index in [4.69, 9.17) is 0 Å². The lowest BCUT2D eigenvalue weighted by molar-refractivity contribution is 0.0350. The number of hydrogen-bond donors (Lipinski definition) is 0. The van der Waals surface area contributed by atoms with Crippen LogP contribution in [-0.2, 0) is 0 Å². The van der Waals surface area contributed by atoms with Crippen molar-refractivity contribution in [1.29, 1.82) is 0 Å². The van der Waals surface area contributed by atoms with Crippen LogP contribution in [0, 0.1) is 0 Å². The smallest absolute Gasteiger partial charge is 0.0827 e. The van der Waals surface area contributed by atoms with Crippen LogP contribution in [0.4, 0.5) is 4.48 Å². The van der Waals surface area contributed by atoms with Gasteiger partial charge in [0.15, 0.2) is 0 Å². The van der Waals surface area contributed by atoms with E-state index in [2.05, 4.69) is 0 Å². The Balaban J connectivity index is 2.33. The van der Waals surface area contributed by atoms with Gasteiger partial charge in [-0.2, -0.15) is 0 Å². The predicted molar refractivity (Wildman–Crippen MR) is 29.7 cm³/mol. The van der Waals surface area contributed by atoms with Crippen molar-refractivity contribution in [3.8, 4) is 0 Å². The van der Waals surface area contributed by atoms with Gasteiger partial charge in [-0.3, -0.25) is 0 Å². The van der Waals surface area contributed by atoms with Gasteiger partial charge in [-0.25, -0.2) is 0 Å². The van der Waals surface area contributed by atoms with E-state index in [0.29, 0.717) is 6.54 Å². The van der Waals surface area contributed by atoms with Crippen molar-refractivity contribution in [2.45, 2.75) is 12.3 Å². The molecule has 1 rings (SSSR count). The lowest BCUT2D eigenvalue weighted by Gasteiger charge is -2.04. The normalized spacial score (nSPS) is 34.3. The average molecular weight is 121 g/mol. The average Bonchev–Trinajstić information content (AvgIpc) is 1.91. The minimum atomic E-state index is 0.0972. The molecule has 3 heteroatoms. The maximum atomic E-state index is 12.1. The molecule has 7 heavy (non-hydrogen) atoms. The molecular weight excluding hydrogens is 113 g/mol. The Morgan fingerprint density at radius 1 is 1.86 bits per heavy atom. The van der Waals surface area contributed by atoms with Crippen molar-refractivity contribution in [3.05, 3.63) is 0 Å². The third-order valence-corrected chi connectivity index (χ3v) is 2.19. The molecule has 0 N–H and O–H groups in total. The molecule has 1 nitrogen and oxygen atoms in total. The van der Waals surface area contributed by atoms with Crippen molar-refractivity contribution in [2.24, 2.45) is 0 Å². The summed E-state index contributed by atoms with van der Waals surface area (Å²) >= 11 is 1.66. The molecule has 0 saturated carbocycles. The van der Waals surface area contributed by atoms with Crippen molar-refractivity contribution in [1.82, 2.24) is 5.12 Å². The van der Waals surface area contributed by atoms with Crippen LogP contribution in [0.5, 0.6) is 0 Å². The lowest BCUT2D eigenvalue weighted by Crippen LogP contribution is -2.14. The molecule has 0 radical (unpaired) electrons. The van der Waals surface area contributed by atoms with Gasteiger partial charge in [0.05, 0.1) is 5.37 Å². The fourth-order valence-corrected chi connectivity index (χ4v) is 1.46. The first-order valence-electron chi connectivity index (χ1n) is 2.35. The van der Waals surface area contributed by atoms with Gasteiger partial charge in [0.25, 0.3) is 0 Å². The standard InChI is InChI=1S/C4H8FNS/c1-4-6(5)2-3-7-4/h4H,2-3H2,1H3. The Morgan fingerprint density at radius 2 is 2.57 bits per heavy atom. The Kier molecular flexibility index (Phi) is 1.54. The van der Waals surface area contributed by atoms with E-state index in [0.717, 1.165) is 10.9 Å². The summed E-state index contributed by atoms with van der Waals surface area (Å²) in [4.78, 5) is 0. The van der Waals surface area contributed by atoms with Crippen molar-refractivity contribution >= 4 is 11.8 Å². The van der Waals surface area contributed by atoms with Crippen LogP contribution in [0.3, 0.4) is 0 Å². The van der Waals surface area contributed by atoms with Crippen LogP contribution >= 0.6 is 11.8 Å². The quantitative estimate of drug-likeness (QED) is 0.444. The van der Waals surface area contributed by atoms with Crippen molar-refractivity contribution in [2.75, 3.05) is 12.3 Å². The molecule has 1 saturated heterocycles. The van der Waals surface area contributed by atoms with Crippen LogP contribution in [0.25, 0.3) is 0 Å². The minimum Gasteiger partial charge on any atom is -0.139 e. The summed E-state index contributed by atoms with van der Waals surface area (Å²) < 4.78 is 12.1. The lowest BCUT2D eigenvalue weighted by atomic mass is 10.7. The first kappa shape index (κ1) is 5.38. The van der Waals surface area contributed by atoms with Gasteiger partial charge in [-0.1, -0.05) is 0 Å². The second-order valence-electron chi connectivity index (χ2n) is 1.59. The highest BCUT2D eigenvalue weighted by atomic mass is 32.2. The molecule has 0 aromatic rings. The number of hydrogen-bond acceptors (Lipinski definition) is 2. The monoisotopic (exact) mass is 121 g/mol. The Bertz CT molecular complexity index is 60.7. The van der Waals surface area contributed by atoms with Gasteiger partial charge in [0.1, 0.15) is 0 Å². The molecule has 0 amide bonds. The van der Waals surface area contributed by atoms with E-state index in [1.54, 1.807) is 11.8 Å². The molecule has 1 aliphatic heterocycles. The fourth-order valence-electron chi connectivity index (χ4n) is 0.573. The number of rotatable bonds is 0. The maximum absolute atomic E-state index is 12.1. The summed E-state index contributed by atoms with van der Waals surface area (Å²) in [5, 5.41) is 0.963. The number of nitrogens with zero attached hydrogens (tertiary/aromatic N) is 1. The third kappa shape index (κ3) is 1.07. The van der Waals surface area contributed by atoms with Crippen molar-refractivity contribution in [3.63, 3.8) is 0 Å². The van der Waals surface area contributed by atoms with Crippen LogP contribution in [0.15, 0.2) is 0 Å². The highest BCUT2D eigenvalue weighted by molar-refractivity contribution is 8.00. The van der Waals surface area contributed by atoms with E-state index in [9.17, 15) is 4.48 Å². The van der Waals surface area contributed by atoms with Gasteiger partial charge in [0.2, 0.25) is 0 Å². The largest absolute Gasteiger partial charge is 0.139 e. The molecule has 1 aliphatic rings. The third-order valence-electron chi connectivity index (χ3n) is 1.06. The summed E-state index contributed by atoms with van der Waals surface area (Å²) in [7, 11) is 0. The fraction of sp³-hybridized carbons (Fsp3) is 1.00. The van der Waals surface area contributed by atoms with Gasteiger partial charge in [0, 0.05) is 12.3 Å². The molecule has 1 unspecified atom stereocenters. The zero-order valence-corrected chi connectivity index (χ0v) is 5.04. The number of thioether (sulfide) groups is 1. The van der Waals surface area contributed by atoms with Crippen LogP contribution in [0.1, 0.15) is 6.92 Å². The second-order valence-corrected chi connectivity index (χ2v) is 3.02. The Labute approximate surface area is 46.8 Å². The van der Waals surface area contributed by atoms with E-state index in [1.165, 1.54) is 0 Å². The summed E-state index contributed by atoms with van der Waals surface area (Å²) in [6.07, 6.45) is 0. The zero-order chi connectivity index (χ0) is 5.28.